The van der Waals surface area contributed by atoms with Gasteiger partial charge in [0, 0.05) is 34.2 Å². The van der Waals surface area contributed by atoms with Crippen molar-refractivity contribution < 1.29 is 0 Å². The van der Waals surface area contributed by atoms with Gasteiger partial charge in [0.15, 0.2) is 5.96 Å². The Morgan fingerprint density at radius 3 is 2.00 bits per heavy atom. The van der Waals surface area contributed by atoms with Crippen LogP contribution < -0.4 is 5.32 Å². The smallest absolute Gasteiger partial charge is 0.195 e. The van der Waals surface area contributed by atoms with Gasteiger partial charge in [0.1, 0.15) is 0 Å². The second-order valence-corrected chi connectivity index (χ2v) is 3.62. The molecule has 0 saturated heterocycles. The summed E-state index contributed by atoms with van der Waals surface area (Å²) in [6.07, 6.45) is 0. The van der Waals surface area contributed by atoms with Crippen molar-refractivity contribution in [2.45, 2.75) is 13.0 Å². The maximum atomic E-state index is 4.50. The van der Waals surface area contributed by atoms with Crippen molar-refractivity contribution in [3.63, 3.8) is 0 Å². The lowest BCUT2D eigenvalue weighted by atomic mass is 10.3. The molecule has 0 amide bonds. The van der Waals surface area contributed by atoms with Crippen LogP contribution in [-0.4, -0.2) is 63.6 Å². The summed E-state index contributed by atoms with van der Waals surface area (Å²) in [6.45, 7) is 2.93. The molecule has 0 aliphatic rings. The van der Waals surface area contributed by atoms with Gasteiger partial charge in [0.05, 0.1) is 6.54 Å². The van der Waals surface area contributed by atoms with Gasteiger partial charge in [-0.1, -0.05) is 0 Å². The highest BCUT2D eigenvalue weighted by atomic mass is 15.3. The fourth-order valence-corrected chi connectivity index (χ4v) is 0.993. The highest BCUT2D eigenvalue weighted by molar-refractivity contribution is 5.79. The van der Waals surface area contributed by atoms with Crippen LogP contribution in [0.1, 0.15) is 6.92 Å². The summed E-state index contributed by atoms with van der Waals surface area (Å²) >= 11 is 0. The van der Waals surface area contributed by atoms with E-state index >= 15 is 0 Å². The molecule has 0 rings (SSSR count). The van der Waals surface area contributed by atoms with Crippen LogP contribution in [0.3, 0.4) is 0 Å². The molecule has 0 radical (unpaired) electrons. The predicted octanol–water partition coefficient (Wildman–Crippen LogP) is 0.0735. The van der Waals surface area contributed by atoms with Gasteiger partial charge in [-0.25, -0.2) is 0 Å². The zero-order valence-corrected chi connectivity index (χ0v) is 9.63. The van der Waals surface area contributed by atoms with Gasteiger partial charge in [0.25, 0.3) is 0 Å². The van der Waals surface area contributed by atoms with Crippen molar-refractivity contribution >= 4 is 5.96 Å². The first-order valence-corrected chi connectivity index (χ1v) is 4.55. The van der Waals surface area contributed by atoms with Crippen LogP contribution in [0.5, 0.6) is 0 Å². The van der Waals surface area contributed by atoms with E-state index in [1.54, 1.807) is 0 Å². The summed E-state index contributed by atoms with van der Waals surface area (Å²) in [5, 5.41) is 3.15. The largest absolute Gasteiger partial charge is 0.349 e. The summed E-state index contributed by atoms with van der Waals surface area (Å²) in [5.74, 6) is 1.00. The molecule has 0 aromatic carbocycles. The molecule has 1 atom stereocenters. The van der Waals surface area contributed by atoms with Gasteiger partial charge in [-0.05, 0) is 14.0 Å². The Labute approximate surface area is 81.6 Å². The second kappa shape index (κ2) is 5.80. The Kier molecular flexibility index (Phi) is 5.46. The summed E-state index contributed by atoms with van der Waals surface area (Å²) in [6, 6.07) is 0.426. The molecule has 4 heteroatoms. The van der Waals surface area contributed by atoms with E-state index in [2.05, 4.69) is 17.2 Å². The van der Waals surface area contributed by atoms with Crippen molar-refractivity contribution in [3.05, 3.63) is 0 Å². The van der Waals surface area contributed by atoms with E-state index in [-0.39, 0.29) is 0 Å². The molecule has 0 fully saturated rings. The third-order valence-electron chi connectivity index (χ3n) is 1.80. The molecule has 0 spiro atoms. The van der Waals surface area contributed by atoms with E-state index in [9.17, 15) is 0 Å². The van der Waals surface area contributed by atoms with E-state index in [4.69, 9.17) is 0 Å². The van der Waals surface area contributed by atoms with E-state index in [0.717, 1.165) is 12.5 Å². The monoisotopic (exact) mass is 186 g/mol. The molecule has 0 aliphatic carbocycles. The molecule has 0 bridgehead atoms. The first kappa shape index (κ1) is 12.2. The number of nitrogens with zero attached hydrogens (tertiary/aromatic N) is 3. The quantitative estimate of drug-likeness (QED) is 0.500. The molecule has 0 aromatic heterocycles. The van der Waals surface area contributed by atoms with Gasteiger partial charge in [-0.2, -0.15) is 0 Å². The molecule has 1 unspecified atom stereocenters. The Hall–Kier alpha value is -0.770. The minimum absolute atomic E-state index is 0.426. The van der Waals surface area contributed by atoms with Crippen molar-refractivity contribution in [2.24, 2.45) is 4.99 Å². The number of nitrogens with one attached hydrogen (secondary N) is 1. The number of hydrogen-bond acceptors (Lipinski definition) is 2. The fourth-order valence-electron chi connectivity index (χ4n) is 0.993. The molecule has 13 heavy (non-hydrogen) atoms. The molecular weight excluding hydrogens is 164 g/mol. The Morgan fingerprint density at radius 1 is 1.23 bits per heavy atom. The molecule has 78 valence electrons. The third kappa shape index (κ3) is 4.72. The number of rotatable bonds is 3. The van der Waals surface area contributed by atoms with Crippen LogP contribution in [0, 0.1) is 0 Å². The molecule has 0 saturated carbocycles. The van der Waals surface area contributed by atoms with Crippen LogP contribution >= 0.6 is 0 Å². The van der Waals surface area contributed by atoms with E-state index in [0.29, 0.717) is 6.04 Å². The molecule has 1 N–H and O–H groups in total. The van der Waals surface area contributed by atoms with Gasteiger partial charge < -0.3 is 15.1 Å². The van der Waals surface area contributed by atoms with Crippen LogP contribution in [-0.2, 0) is 0 Å². The number of guanidine groups is 1. The molecular formula is C9H22N4. The molecule has 0 heterocycles. The zero-order valence-electron chi connectivity index (χ0n) is 9.63. The van der Waals surface area contributed by atoms with Gasteiger partial charge in [-0.3, -0.25) is 4.99 Å². The van der Waals surface area contributed by atoms with E-state index in [1.807, 2.05) is 45.0 Å². The van der Waals surface area contributed by atoms with E-state index in [1.165, 1.54) is 0 Å². The third-order valence-corrected chi connectivity index (χ3v) is 1.80. The Morgan fingerprint density at radius 2 is 1.69 bits per heavy atom. The highest BCUT2D eigenvalue weighted by Crippen LogP contribution is 1.90. The summed E-state index contributed by atoms with van der Waals surface area (Å²) in [7, 11) is 9.96. The lowest BCUT2D eigenvalue weighted by Crippen LogP contribution is -2.37. The van der Waals surface area contributed by atoms with Crippen molar-refractivity contribution in [1.29, 1.82) is 0 Å². The normalized spacial score (nSPS) is 12.2. The molecule has 0 aromatic rings. The number of likely N-dealkylation sites (N-methyl/N-ethyl adjacent to an activating group) is 1. The molecule has 4 nitrogen and oxygen atoms in total. The summed E-state index contributed by atoms with van der Waals surface area (Å²) in [4.78, 5) is 8.53. The predicted molar refractivity (Wildman–Crippen MR) is 58.2 cm³/mol. The SMILES string of the molecule is CNC(C)CN=C(N(C)C)N(C)C. The van der Waals surface area contributed by atoms with Crippen LogP contribution in [0.2, 0.25) is 0 Å². The fraction of sp³-hybridized carbons (Fsp3) is 0.889. The average molecular weight is 186 g/mol. The van der Waals surface area contributed by atoms with Crippen LogP contribution in [0.4, 0.5) is 0 Å². The lowest BCUT2D eigenvalue weighted by Gasteiger charge is -2.23. The van der Waals surface area contributed by atoms with Crippen LogP contribution in [0.15, 0.2) is 4.99 Å². The molecule has 0 aliphatic heterocycles. The van der Waals surface area contributed by atoms with Crippen molar-refractivity contribution in [1.82, 2.24) is 15.1 Å². The first-order chi connectivity index (χ1) is 5.99. The second-order valence-electron chi connectivity index (χ2n) is 3.62. The Balaban J connectivity index is 4.20. The number of hydrogen-bond donors (Lipinski definition) is 1. The highest BCUT2D eigenvalue weighted by Gasteiger charge is 2.04. The van der Waals surface area contributed by atoms with Gasteiger partial charge in [0.2, 0.25) is 0 Å². The maximum absolute atomic E-state index is 4.50. The number of aliphatic imine (C=N–C) groups is 1. The Bertz CT molecular complexity index is 153. The van der Waals surface area contributed by atoms with Crippen molar-refractivity contribution in [2.75, 3.05) is 41.8 Å². The first-order valence-electron chi connectivity index (χ1n) is 4.55. The lowest BCUT2D eigenvalue weighted by molar-refractivity contribution is 0.475. The zero-order chi connectivity index (χ0) is 10.4. The maximum Gasteiger partial charge on any atom is 0.195 e. The standard InChI is InChI=1S/C9H22N4/c1-8(10-2)7-11-9(12(3)4)13(5)6/h8,10H,7H2,1-6H3. The van der Waals surface area contributed by atoms with Crippen molar-refractivity contribution in [3.8, 4) is 0 Å². The van der Waals surface area contributed by atoms with Gasteiger partial charge >= 0.3 is 0 Å². The van der Waals surface area contributed by atoms with E-state index < -0.39 is 0 Å². The average Bonchev–Trinajstić information content (AvgIpc) is 2.03. The summed E-state index contributed by atoms with van der Waals surface area (Å²) in [5.41, 5.74) is 0. The minimum atomic E-state index is 0.426. The van der Waals surface area contributed by atoms with Gasteiger partial charge in [-0.15, -0.1) is 0 Å². The van der Waals surface area contributed by atoms with Crippen LogP contribution in [0.25, 0.3) is 0 Å². The topological polar surface area (TPSA) is 30.9 Å². The summed E-state index contributed by atoms with van der Waals surface area (Å²) < 4.78 is 0. The minimum Gasteiger partial charge on any atom is -0.349 e.